The first kappa shape index (κ1) is 26.8. The minimum absolute atomic E-state index is 0.000680. The second kappa shape index (κ2) is 10.1. The zero-order chi connectivity index (χ0) is 26.1. The van der Waals surface area contributed by atoms with E-state index in [0.29, 0.717) is 18.6 Å². The molecule has 2 aromatic carbocycles. The smallest absolute Gasteiger partial charge is 0.411 e. The van der Waals surface area contributed by atoms with Gasteiger partial charge in [-0.25, -0.2) is 13.6 Å². The van der Waals surface area contributed by atoms with Crippen LogP contribution in [0.2, 0.25) is 19.6 Å². The predicted molar refractivity (Wildman–Crippen MR) is 135 cm³/mol. The van der Waals surface area contributed by atoms with Crippen molar-refractivity contribution < 1.29 is 27.8 Å². The number of rotatable bonds is 5. The molecule has 0 saturated heterocycles. The monoisotopic (exact) mass is 504 g/mol. The summed E-state index contributed by atoms with van der Waals surface area (Å²) in [6, 6.07) is 6.83. The number of amides is 2. The first-order valence-corrected chi connectivity index (χ1v) is 15.1. The molecule has 2 aromatic rings. The lowest BCUT2D eigenvalue weighted by Gasteiger charge is -2.37. The van der Waals surface area contributed by atoms with Crippen molar-refractivity contribution >= 4 is 30.9 Å². The highest BCUT2D eigenvalue weighted by Crippen LogP contribution is 2.33. The molecular weight excluding hydrogens is 470 g/mol. The standard InChI is InChI=1S/C26H34F2N2O4Si/c1-26(2,3)34-25(32)30-11-10-17-12-16(15-33-4)8-9-19(17)22(30)24(31)29-18-13-20(27)23(21(28)14-18)35(5,6)7/h8-9,12-14,22H,10-11,15H2,1-7H3,(H,29,31). The minimum Gasteiger partial charge on any atom is -0.444 e. The first-order valence-electron chi connectivity index (χ1n) is 11.6. The molecule has 9 heteroatoms. The molecule has 0 aliphatic carbocycles. The fourth-order valence-electron chi connectivity index (χ4n) is 4.31. The van der Waals surface area contributed by atoms with E-state index in [4.69, 9.17) is 9.47 Å². The van der Waals surface area contributed by atoms with Crippen molar-refractivity contribution in [2.45, 2.75) is 65.1 Å². The van der Waals surface area contributed by atoms with Gasteiger partial charge < -0.3 is 14.8 Å². The quantitative estimate of drug-likeness (QED) is 0.574. The van der Waals surface area contributed by atoms with Crippen molar-refractivity contribution in [1.82, 2.24) is 4.90 Å². The molecule has 3 rings (SSSR count). The third-order valence-electron chi connectivity index (χ3n) is 5.68. The van der Waals surface area contributed by atoms with Gasteiger partial charge in [-0.3, -0.25) is 9.69 Å². The largest absolute Gasteiger partial charge is 0.444 e. The van der Waals surface area contributed by atoms with E-state index in [9.17, 15) is 18.4 Å². The van der Waals surface area contributed by atoms with Crippen molar-refractivity contribution in [1.29, 1.82) is 0 Å². The zero-order valence-electron chi connectivity index (χ0n) is 21.4. The van der Waals surface area contributed by atoms with Gasteiger partial charge in [0.1, 0.15) is 23.3 Å². The molecule has 1 atom stereocenters. The van der Waals surface area contributed by atoms with Crippen LogP contribution < -0.4 is 10.5 Å². The van der Waals surface area contributed by atoms with E-state index >= 15 is 0 Å². The van der Waals surface area contributed by atoms with Gasteiger partial charge in [0.25, 0.3) is 5.91 Å². The number of methoxy groups -OCH3 is 1. The second-order valence-corrected chi connectivity index (χ2v) is 15.8. The molecule has 0 bridgehead atoms. The van der Waals surface area contributed by atoms with Crippen LogP contribution in [0, 0.1) is 11.6 Å². The van der Waals surface area contributed by atoms with Gasteiger partial charge >= 0.3 is 6.09 Å². The molecule has 1 aliphatic rings. The molecule has 1 N–H and O–H groups in total. The minimum atomic E-state index is -2.27. The number of fused-ring (bicyclic) bond motifs is 1. The average molecular weight is 505 g/mol. The summed E-state index contributed by atoms with van der Waals surface area (Å²) in [5.74, 6) is -1.94. The fourth-order valence-corrected chi connectivity index (χ4v) is 5.89. The Kier molecular flexibility index (Phi) is 7.71. The highest BCUT2D eigenvalue weighted by molar-refractivity contribution is 6.88. The van der Waals surface area contributed by atoms with Crippen molar-refractivity contribution in [3.05, 3.63) is 58.7 Å². The van der Waals surface area contributed by atoms with Crippen molar-refractivity contribution in [2.75, 3.05) is 19.0 Å². The van der Waals surface area contributed by atoms with Gasteiger partial charge in [0, 0.05) is 24.5 Å². The van der Waals surface area contributed by atoms with Gasteiger partial charge in [-0.2, -0.15) is 0 Å². The summed E-state index contributed by atoms with van der Waals surface area (Å²) in [7, 11) is -0.666. The van der Waals surface area contributed by atoms with Crippen LogP contribution in [0.5, 0.6) is 0 Å². The van der Waals surface area contributed by atoms with Crippen LogP contribution in [-0.2, 0) is 27.3 Å². The average Bonchev–Trinajstić information content (AvgIpc) is 2.70. The Morgan fingerprint density at radius 1 is 1.11 bits per heavy atom. The highest BCUT2D eigenvalue weighted by Gasteiger charge is 2.38. The Labute approximate surface area is 206 Å². The Balaban J connectivity index is 1.99. The number of hydrogen-bond donors (Lipinski definition) is 1. The second-order valence-electron chi connectivity index (χ2n) is 10.8. The Morgan fingerprint density at radius 2 is 1.74 bits per heavy atom. The van der Waals surface area contributed by atoms with Gasteiger partial charge in [-0.1, -0.05) is 37.8 Å². The lowest BCUT2D eigenvalue weighted by Crippen LogP contribution is -2.47. The number of hydrogen-bond acceptors (Lipinski definition) is 4. The van der Waals surface area contributed by atoms with Crippen LogP contribution in [0.1, 0.15) is 43.5 Å². The number of anilines is 1. The van der Waals surface area contributed by atoms with E-state index in [1.54, 1.807) is 33.9 Å². The van der Waals surface area contributed by atoms with Gasteiger partial charge in [0.2, 0.25) is 0 Å². The summed E-state index contributed by atoms with van der Waals surface area (Å²) < 4.78 is 40.3. The number of carbonyl (C=O) groups excluding carboxylic acids is 2. The van der Waals surface area contributed by atoms with Crippen molar-refractivity contribution in [3.63, 3.8) is 0 Å². The lowest BCUT2D eigenvalue weighted by molar-refractivity contribution is -0.121. The molecule has 0 saturated carbocycles. The predicted octanol–water partition coefficient (Wildman–Crippen LogP) is 5.13. The number of nitrogens with zero attached hydrogens (tertiary/aromatic N) is 1. The van der Waals surface area contributed by atoms with E-state index in [1.165, 1.54) is 4.90 Å². The molecule has 0 radical (unpaired) electrons. The van der Waals surface area contributed by atoms with Gasteiger partial charge in [-0.15, -0.1) is 0 Å². The molecule has 35 heavy (non-hydrogen) atoms. The molecule has 1 heterocycles. The van der Waals surface area contributed by atoms with Crippen LogP contribution in [0.25, 0.3) is 0 Å². The zero-order valence-corrected chi connectivity index (χ0v) is 22.4. The van der Waals surface area contributed by atoms with Gasteiger partial charge in [-0.05, 0) is 56.0 Å². The number of nitrogens with one attached hydrogen (secondary N) is 1. The van der Waals surface area contributed by atoms with E-state index in [-0.39, 0.29) is 17.4 Å². The molecule has 0 spiro atoms. The third-order valence-corrected chi connectivity index (χ3v) is 7.66. The van der Waals surface area contributed by atoms with Gasteiger partial charge in [0.15, 0.2) is 0 Å². The maximum Gasteiger partial charge on any atom is 0.411 e. The van der Waals surface area contributed by atoms with E-state index < -0.39 is 43.4 Å². The summed E-state index contributed by atoms with van der Waals surface area (Å²) in [5.41, 5.74) is 1.74. The number of benzene rings is 2. The molecule has 190 valence electrons. The van der Waals surface area contributed by atoms with Crippen LogP contribution in [0.4, 0.5) is 19.3 Å². The molecule has 2 amide bonds. The summed E-state index contributed by atoms with van der Waals surface area (Å²) in [4.78, 5) is 27.9. The summed E-state index contributed by atoms with van der Waals surface area (Å²) in [6.07, 6.45) is -0.0972. The third kappa shape index (κ3) is 6.27. The maximum absolute atomic E-state index is 14.8. The van der Waals surface area contributed by atoms with E-state index in [0.717, 1.165) is 23.3 Å². The highest BCUT2D eigenvalue weighted by atomic mass is 28.3. The Morgan fingerprint density at radius 3 is 2.29 bits per heavy atom. The molecule has 6 nitrogen and oxygen atoms in total. The molecule has 1 unspecified atom stereocenters. The fraction of sp³-hybridized carbons (Fsp3) is 0.462. The van der Waals surface area contributed by atoms with Crippen LogP contribution in [0.3, 0.4) is 0 Å². The van der Waals surface area contributed by atoms with Crippen LogP contribution >= 0.6 is 0 Å². The molecule has 1 aliphatic heterocycles. The number of ether oxygens (including phenoxy) is 2. The van der Waals surface area contributed by atoms with Gasteiger partial charge in [0.05, 0.1) is 14.7 Å². The summed E-state index contributed by atoms with van der Waals surface area (Å²) in [5, 5.41) is 2.71. The lowest BCUT2D eigenvalue weighted by atomic mass is 9.90. The Bertz CT molecular complexity index is 1100. The topological polar surface area (TPSA) is 67.9 Å². The molecule has 0 aromatic heterocycles. The Hall–Kier alpha value is -2.78. The maximum atomic E-state index is 14.8. The van der Waals surface area contributed by atoms with E-state index in [2.05, 4.69) is 5.32 Å². The van der Waals surface area contributed by atoms with Crippen LogP contribution in [0.15, 0.2) is 30.3 Å². The molecular formula is C26H34F2N2O4Si. The first-order chi connectivity index (χ1) is 16.2. The normalized spacial score (nSPS) is 16.0. The number of halogens is 2. The summed E-state index contributed by atoms with van der Waals surface area (Å²) >= 11 is 0. The van der Waals surface area contributed by atoms with Crippen molar-refractivity contribution in [2.24, 2.45) is 0 Å². The van der Waals surface area contributed by atoms with Crippen molar-refractivity contribution in [3.8, 4) is 0 Å². The molecule has 0 fully saturated rings. The summed E-state index contributed by atoms with van der Waals surface area (Å²) in [6.45, 7) is 11.5. The van der Waals surface area contributed by atoms with Crippen LogP contribution in [-0.4, -0.2) is 44.2 Å². The van der Waals surface area contributed by atoms with E-state index in [1.807, 2.05) is 31.8 Å². The number of carbonyl (C=O) groups is 2. The SMILES string of the molecule is COCc1ccc2c(c1)CCN(C(=O)OC(C)(C)C)C2C(=O)Nc1cc(F)c([Si](C)(C)C)c(F)c1.